The van der Waals surface area contributed by atoms with Crippen LogP contribution in [-0.4, -0.2) is 17.8 Å². The number of aromatic hydroxyl groups is 1. The number of rotatable bonds is 4. The SMILES string of the molecule is Oc1ccc(Br)cc1CNCCC(F)(F)F. The van der Waals surface area contributed by atoms with Gasteiger partial charge in [0.15, 0.2) is 0 Å². The van der Waals surface area contributed by atoms with E-state index >= 15 is 0 Å². The molecule has 0 heterocycles. The van der Waals surface area contributed by atoms with E-state index in [1.165, 1.54) is 6.07 Å². The number of hydrogen-bond donors (Lipinski definition) is 2. The largest absolute Gasteiger partial charge is 0.508 e. The van der Waals surface area contributed by atoms with Crippen LogP contribution in [-0.2, 0) is 6.54 Å². The van der Waals surface area contributed by atoms with E-state index in [1.54, 1.807) is 12.1 Å². The topological polar surface area (TPSA) is 32.3 Å². The smallest absolute Gasteiger partial charge is 0.390 e. The van der Waals surface area contributed by atoms with Crippen molar-refractivity contribution in [2.24, 2.45) is 0 Å². The molecule has 0 bridgehead atoms. The van der Waals surface area contributed by atoms with E-state index in [2.05, 4.69) is 21.2 Å². The maximum absolute atomic E-state index is 11.8. The number of nitrogens with one attached hydrogen (secondary N) is 1. The van der Waals surface area contributed by atoms with E-state index in [0.29, 0.717) is 5.56 Å². The third kappa shape index (κ3) is 4.85. The number of benzene rings is 1. The van der Waals surface area contributed by atoms with Gasteiger partial charge in [0.1, 0.15) is 5.75 Å². The fraction of sp³-hybridized carbons (Fsp3) is 0.400. The summed E-state index contributed by atoms with van der Waals surface area (Å²) in [5, 5.41) is 12.0. The summed E-state index contributed by atoms with van der Waals surface area (Å²) < 4.78 is 36.3. The van der Waals surface area contributed by atoms with Crippen molar-refractivity contribution in [3.05, 3.63) is 28.2 Å². The number of halogens is 4. The van der Waals surface area contributed by atoms with Crippen LogP contribution < -0.4 is 5.32 Å². The van der Waals surface area contributed by atoms with Gasteiger partial charge in [0.2, 0.25) is 0 Å². The van der Waals surface area contributed by atoms with Crippen molar-refractivity contribution in [2.45, 2.75) is 19.1 Å². The Balaban J connectivity index is 2.40. The molecule has 16 heavy (non-hydrogen) atoms. The summed E-state index contributed by atoms with van der Waals surface area (Å²) in [5.74, 6) is 0.0720. The Kier molecular flexibility index (Phi) is 4.61. The van der Waals surface area contributed by atoms with Crippen LogP contribution >= 0.6 is 15.9 Å². The third-order valence-corrected chi connectivity index (χ3v) is 2.44. The van der Waals surface area contributed by atoms with Crippen molar-refractivity contribution in [2.75, 3.05) is 6.54 Å². The summed E-state index contributed by atoms with van der Waals surface area (Å²) in [6.45, 7) is 0.0524. The molecule has 0 fully saturated rings. The Hall–Kier alpha value is -0.750. The van der Waals surface area contributed by atoms with Crippen LogP contribution in [0.15, 0.2) is 22.7 Å². The molecule has 0 atom stereocenters. The predicted molar refractivity (Wildman–Crippen MR) is 58.2 cm³/mol. The number of hydrogen-bond acceptors (Lipinski definition) is 2. The highest BCUT2D eigenvalue weighted by molar-refractivity contribution is 9.10. The van der Waals surface area contributed by atoms with E-state index < -0.39 is 12.6 Å². The van der Waals surface area contributed by atoms with Gasteiger partial charge in [0.25, 0.3) is 0 Å². The van der Waals surface area contributed by atoms with Crippen LogP contribution in [0.3, 0.4) is 0 Å². The summed E-state index contributed by atoms with van der Waals surface area (Å²) >= 11 is 3.22. The molecule has 0 radical (unpaired) electrons. The summed E-state index contributed by atoms with van der Waals surface area (Å²) in [4.78, 5) is 0. The second-order valence-corrected chi connectivity index (χ2v) is 4.23. The standard InChI is InChI=1S/C10H11BrF3NO/c11-8-1-2-9(16)7(5-8)6-15-4-3-10(12,13)14/h1-2,5,15-16H,3-4,6H2. The van der Waals surface area contributed by atoms with Crippen molar-refractivity contribution in [3.8, 4) is 5.75 Å². The molecule has 2 nitrogen and oxygen atoms in total. The lowest BCUT2D eigenvalue weighted by Gasteiger charge is -2.09. The number of phenolic OH excluding ortho intramolecular Hbond substituents is 1. The second kappa shape index (κ2) is 5.54. The van der Waals surface area contributed by atoms with E-state index in [0.717, 1.165) is 4.47 Å². The molecule has 0 unspecified atom stereocenters. The molecule has 1 aromatic carbocycles. The monoisotopic (exact) mass is 297 g/mol. The molecular weight excluding hydrogens is 287 g/mol. The van der Waals surface area contributed by atoms with Crippen LogP contribution in [0.1, 0.15) is 12.0 Å². The second-order valence-electron chi connectivity index (χ2n) is 3.31. The fourth-order valence-electron chi connectivity index (χ4n) is 1.15. The Labute approximate surface area is 99.6 Å². The van der Waals surface area contributed by atoms with Crippen LogP contribution in [0.25, 0.3) is 0 Å². The Morgan fingerprint density at radius 2 is 2.00 bits per heavy atom. The van der Waals surface area contributed by atoms with E-state index in [9.17, 15) is 18.3 Å². The minimum atomic E-state index is -4.15. The summed E-state index contributed by atoms with van der Waals surface area (Å²) in [7, 11) is 0. The first-order valence-corrected chi connectivity index (χ1v) is 5.42. The van der Waals surface area contributed by atoms with Gasteiger partial charge < -0.3 is 10.4 Å². The maximum Gasteiger partial charge on any atom is 0.390 e. The first kappa shape index (κ1) is 13.3. The van der Waals surface area contributed by atoms with Gasteiger partial charge in [-0.3, -0.25) is 0 Å². The van der Waals surface area contributed by atoms with E-state index in [4.69, 9.17) is 0 Å². The molecule has 0 saturated carbocycles. The number of alkyl halides is 3. The van der Waals surface area contributed by atoms with Gasteiger partial charge in [0, 0.05) is 23.1 Å². The first-order chi connectivity index (χ1) is 7.38. The van der Waals surface area contributed by atoms with Gasteiger partial charge in [-0.2, -0.15) is 13.2 Å². The highest BCUT2D eigenvalue weighted by Gasteiger charge is 2.25. The highest BCUT2D eigenvalue weighted by atomic mass is 79.9. The molecule has 0 spiro atoms. The van der Waals surface area contributed by atoms with Crippen LogP contribution in [0.4, 0.5) is 13.2 Å². The van der Waals surface area contributed by atoms with Gasteiger partial charge in [-0.1, -0.05) is 15.9 Å². The van der Waals surface area contributed by atoms with Gasteiger partial charge in [-0.05, 0) is 18.2 Å². The molecule has 0 aliphatic rings. The normalized spacial score (nSPS) is 11.8. The molecule has 0 saturated heterocycles. The fourth-order valence-corrected chi connectivity index (χ4v) is 1.56. The first-order valence-electron chi connectivity index (χ1n) is 4.63. The Bertz CT molecular complexity index is 354. The molecule has 1 rings (SSSR count). The van der Waals surface area contributed by atoms with Crippen molar-refractivity contribution >= 4 is 15.9 Å². The minimum Gasteiger partial charge on any atom is -0.508 e. The molecule has 0 amide bonds. The highest BCUT2D eigenvalue weighted by Crippen LogP contribution is 2.22. The Morgan fingerprint density at radius 1 is 1.31 bits per heavy atom. The number of phenols is 1. The average molecular weight is 298 g/mol. The van der Waals surface area contributed by atoms with Gasteiger partial charge in [-0.15, -0.1) is 0 Å². The summed E-state index contributed by atoms with van der Waals surface area (Å²) in [6, 6.07) is 4.81. The van der Waals surface area contributed by atoms with Crippen molar-refractivity contribution in [3.63, 3.8) is 0 Å². The van der Waals surface area contributed by atoms with E-state index in [1.807, 2.05) is 0 Å². The molecular formula is C10H11BrF3NO. The summed E-state index contributed by atoms with van der Waals surface area (Å²) in [5.41, 5.74) is 0.566. The zero-order valence-electron chi connectivity index (χ0n) is 8.31. The van der Waals surface area contributed by atoms with Gasteiger partial charge in [0.05, 0.1) is 6.42 Å². The molecule has 90 valence electrons. The predicted octanol–water partition coefficient (Wildman–Crippen LogP) is 3.20. The van der Waals surface area contributed by atoms with Crippen LogP contribution in [0.2, 0.25) is 0 Å². The summed E-state index contributed by atoms with van der Waals surface area (Å²) in [6.07, 6.45) is -5.02. The van der Waals surface area contributed by atoms with E-state index in [-0.39, 0.29) is 18.8 Å². The molecule has 2 N–H and O–H groups in total. The van der Waals surface area contributed by atoms with Crippen molar-refractivity contribution in [1.82, 2.24) is 5.32 Å². The molecule has 6 heteroatoms. The lowest BCUT2D eigenvalue weighted by Crippen LogP contribution is -2.21. The average Bonchev–Trinajstić information content (AvgIpc) is 2.16. The molecule has 1 aromatic rings. The van der Waals surface area contributed by atoms with Crippen molar-refractivity contribution in [1.29, 1.82) is 0 Å². The zero-order valence-corrected chi connectivity index (χ0v) is 9.90. The van der Waals surface area contributed by atoms with Crippen molar-refractivity contribution < 1.29 is 18.3 Å². The quantitative estimate of drug-likeness (QED) is 0.837. The Morgan fingerprint density at radius 3 is 2.62 bits per heavy atom. The lowest BCUT2D eigenvalue weighted by molar-refractivity contribution is -0.133. The lowest BCUT2D eigenvalue weighted by atomic mass is 10.2. The minimum absolute atomic E-state index is 0.0720. The maximum atomic E-state index is 11.8. The van der Waals surface area contributed by atoms with Crippen LogP contribution in [0, 0.1) is 0 Å². The molecule has 0 aliphatic heterocycles. The van der Waals surface area contributed by atoms with Gasteiger partial charge in [-0.25, -0.2) is 0 Å². The molecule has 0 aliphatic carbocycles. The van der Waals surface area contributed by atoms with Crippen LogP contribution in [0.5, 0.6) is 5.75 Å². The molecule has 0 aromatic heterocycles. The van der Waals surface area contributed by atoms with Gasteiger partial charge >= 0.3 is 6.18 Å². The zero-order chi connectivity index (χ0) is 12.2. The third-order valence-electron chi connectivity index (χ3n) is 1.94.